The van der Waals surface area contributed by atoms with Crippen molar-refractivity contribution >= 4 is 41.4 Å². The molecule has 0 bridgehead atoms. The quantitative estimate of drug-likeness (QED) is 0.178. The lowest BCUT2D eigenvalue weighted by atomic mass is 10.0. The predicted molar refractivity (Wildman–Crippen MR) is 179 cm³/mol. The minimum absolute atomic E-state index is 0.0556. The summed E-state index contributed by atoms with van der Waals surface area (Å²) in [7, 11) is 0. The van der Waals surface area contributed by atoms with Gasteiger partial charge in [-0.25, -0.2) is 0 Å². The number of piperidine rings is 1. The molecule has 0 radical (unpaired) electrons. The molecule has 2 aliphatic heterocycles. The van der Waals surface area contributed by atoms with E-state index in [4.69, 9.17) is 0 Å². The van der Waals surface area contributed by atoms with Crippen molar-refractivity contribution in [2.24, 2.45) is 0 Å². The third-order valence-corrected chi connectivity index (χ3v) is 7.04. The molecule has 0 spiro atoms. The van der Waals surface area contributed by atoms with E-state index in [0.717, 1.165) is 44.3 Å². The maximum atomic E-state index is 12.2. The van der Waals surface area contributed by atoms with Gasteiger partial charge in [0.25, 0.3) is 0 Å². The Labute approximate surface area is 269 Å². The van der Waals surface area contributed by atoms with Crippen LogP contribution in [0.4, 0.5) is 5.69 Å². The van der Waals surface area contributed by atoms with Crippen molar-refractivity contribution in [2.45, 2.75) is 105 Å². The number of anilines is 1. The van der Waals surface area contributed by atoms with Crippen LogP contribution in [0.2, 0.25) is 0 Å². The monoisotopic (exact) mass is 629 g/mol. The number of carbonyl (C=O) groups excluding carboxylic acids is 6. The molecule has 3 rings (SSSR count). The first-order valence-electron chi connectivity index (χ1n) is 16.1. The van der Waals surface area contributed by atoms with E-state index in [-0.39, 0.29) is 42.6 Å². The lowest BCUT2D eigenvalue weighted by Gasteiger charge is -2.37. The van der Waals surface area contributed by atoms with E-state index in [1.54, 1.807) is 24.3 Å². The second-order valence-corrected chi connectivity index (χ2v) is 10.8. The van der Waals surface area contributed by atoms with Gasteiger partial charge < -0.3 is 26.2 Å². The normalized spacial score (nSPS) is 16.4. The van der Waals surface area contributed by atoms with E-state index < -0.39 is 0 Å². The first-order chi connectivity index (χ1) is 21.6. The molecule has 45 heavy (non-hydrogen) atoms. The number of carbonyl (C=O) groups is 6. The molecule has 4 N–H and O–H groups in total. The maximum Gasteiger partial charge on any atom is 0.243 e. The third kappa shape index (κ3) is 18.4. The molecule has 4 amide bonds. The van der Waals surface area contributed by atoms with Gasteiger partial charge in [0.1, 0.15) is 11.8 Å². The molecule has 2 saturated heterocycles. The number of hydrogen-bond acceptors (Lipinski definition) is 7. The highest BCUT2D eigenvalue weighted by Crippen LogP contribution is 2.21. The summed E-state index contributed by atoms with van der Waals surface area (Å²) in [5, 5.41) is 10.2. The molecule has 2 heterocycles. The minimum atomic E-state index is -0.366. The van der Waals surface area contributed by atoms with Crippen molar-refractivity contribution in [3.05, 3.63) is 42.1 Å². The molecule has 0 aliphatic carbocycles. The third-order valence-electron chi connectivity index (χ3n) is 7.04. The second-order valence-electron chi connectivity index (χ2n) is 10.8. The van der Waals surface area contributed by atoms with Crippen LogP contribution < -0.4 is 21.3 Å². The van der Waals surface area contributed by atoms with Crippen LogP contribution in [0.5, 0.6) is 0 Å². The Hall–Kier alpha value is -4.02. The number of para-hydroxylation sites is 1. The first-order valence-corrected chi connectivity index (χ1v) is 16.1. The number of nitrogens with zero attached hydrogens (tertiary/aromatic N) is 1. The van der Waals surface area contributed by atoms with E-state index >= 15 is 0 Å². The first kappa shape index (κ1) is 41.0. The topological polar surface area (TPSA) is 154 Å². The summed E-state index contributed by atoms with van der Waals surface area (Å²) in [6.45, 7) is 14.7. The molecule has 2 fully saturated rings. The van der Waals surface area contributed by atoms with Gasteiger partial charge in [-0.3, -0.25) is 28.8 Å². The van der Waals surface area contributed by atoms with Crippen molar-refractivity contribution in [1.29, 1.82) is 0 Å². The molecule has 0 saturated carbocycles. The van der Waals surface area contributed by atoms with Crippen molar-refractivity contribution in [2.75, 3.05) is 31.5 Å². The van der Waals surface area contributed by atoms with E-state index in [0.29, 0.717) is 36.4 Å². The highest BCUT2D eigenvalue weighted by Gasteiger charge is 2.30. The molecule has 1 atom stereocenters. The highest BCUT2D eigenvalue weighted by atomic mass is 16.2. The van der Waals surface area contributed by atoms with Crippen molar-refractivity contribution in [3.8, 4) is 0 Å². The van der Waals surface area contributed by atoms with Crippen LogP contribution in [0.1, 0.15) is 109 Å². The van der Waals surface area contributed by atoms with Crippen LogP contribution in [-0.2, 0) is 24.0 Å². The Morgan fingerprint density at radius 2 is 1.53 bits per heavy atom. The van der Waals surface area contributed by atoms with Crippen molar-refractivity contribution < 1.29 is 28.8 Å². The molecular weight excluding hydrogens is 574 g/mol. The zero-order valence-corrected chi connectivity index (χ0v) is 28.0. The zero-order valence-electron chi connectivity index (χ0n) is 28.0. The Kier molecular flexibility index (Phi) is 23.1. The molecular formula is C34H55N5O6. The van der Waals surface area contributed by atoms with Gasteiger partial charge in [0, 0.05) is 30.6 Å². The maximum absolute atomic E-state index is 12.2. The van der Waals surface area contributed by atoms with Crippen LogP contribution >= 0.6 is 0 Å². The van der Waals surface area contributed by atoms with Crippen molar-refractivity contribution in [1.82, 2.24) is 20.9 Å². The Morgan fingerprint density at radius 1 is 0.911 bits per heavy atom. The average molecular weight is 630 g/mol. The summed E-state index contributed by atoms with van der Waals surface area (Å²) in [6.07, 6.45) is 10.9. The van der Waals surface area contributed by atoms with Gasteiger partial charge in [0.2, 0.25) is 24.1 Å². The smallest absolute Gasteiger partial charge is 0.243 e. The fourth-order valence-corrected chi connectivity index (χ4v) is 4.20. The van der Waals surface area contributed by atoms with Gasteiger partial charge in [-0.1, -0.05) is 72.1 Å². The lowest BCUT2D eigenvalue weighted by molar-refractivity contribution is -0.130. The van der Waals surface area contributed by atoms with Crippen LogP contribution in [0.25, 0.3) is 0 Å². The van der Waals surface area contributed by atoms with Crippen LogP contribution in [0.15, 0.2) is 36.5 Å². The van der Waals surface area contributed by atoms with Gasteiger partial charge in [-0.2, -0.15) is 0 Å². The summed E-state index contributed by atoms with van der Waals surface area (Å²) in [4.78, 5) is 68.9. The number of nitrogens with one attached hydrogen (secondary N) is 4. The number of amides is 4. The number of fused-ring (bicyclic) bond motifs is 1. The predicted octanol–water partition coefficient (Wildman–Crippen LogP) is 4.53. The second kappa shape index (κ2) is 25.3. The lowest BCUT2D eigenvalue weighted by Crippen LogP contribution is -2.53. The SMILES string of the molecule is C=C1CNC(=O)CNC(=O)CNC(=O)C2CCCCN12.CC(=O)c1ccccc1NC=O.CCCC.CCCCCC(=O)CC. The fourth-order valence-electron chi connectivity index (χ4n) is 4.20. The van der Waals surface area contributed by atoms with Crippen LogP contribution in [0, 0.1) is 0 Å². The van der Waals surface area contributed by atoms with E-state index in [1.807, 2.05) is 11.8 Å². The Bertz CT molecular complexity index is 1050. The minimum Gasteiger partial charge on any atom is -0.362 e. The summed E-state index contributed by atoms with van der Waals surface area (Å²) >= 11 is 0. The summed E-state index contributed by atoms with van der Waals surface area (Å²) < 4.78 is 0. The zero-order chi connectivity index (χ0) is 34.0. The van der Waals surface area contributed by atoms with Crippen molar-refractivity contribution in [3.63, 3.8) is 0 Å². The standard InChI is InChI=1S/C13H20N4O3.C9H9NO2.C8H16O.C4H10/c1-9-6-14-11(18)7-15-12(19)8-16-13(20)10-4-2-3-5-17(9)10;1-7(12)8-4-2-3-5-9(8)10-6-11;1-3-5-6-7-8(9)4-2;1-3-4-2/h10H,1-8H2,(H,14,18)(H,15,19)(H,16,20);2-6H,1H3,(H,10,11);3-7H2,1-2H3;3-4H2,1-2H3. The van der Waals surface area contributed by atoms with E-state index in [1.165, 1.54) is 32.6 Å². The highest BCUT2D eigenvalue weighted by molar-refractivity contribution is 6.01. The van der Waals surface area contributed by atoms with Crippen LogP contribution in [-0.4, -0.2) is 72.8 Å². The fraction of sp³-hybridized carbons (Fsp3) is 0.588. The summed E-state index contributed by atoms with van der Waals surface area (Å²) in [6, 6.07) is 6.57. The van der Waals surface area contributed by atoms with E-state index in [9.17, 15) is 28.8 Å². The summed E-state index contributed by atoms with van der Waals surface area (Å²) in [5.41, 5.74) is 1.81. The molecule has 252 valence electrons. The Morgan fingerprint density at radius 3 is 2.11 bits per heavy atom. The molecule has 11 heteroatoms. The summed E-state index contributed by atoms with van der Waals surface area (Å²) in [5.74, 6) is -0.438. The molecule has 1 unspecified atom stereocenters. The van der Waals surface area contributed by atoms with Gasteiger partial charge in [-0.15, -0.1) is 0 Å². The number of rotatable bonds is 9. The molecule has 1 aromatic carbocycles. The number of unbranched alkanes of at least 4 members (excludes halogenated alkanes) is 3. The van der Waals surface area contributed by atoms with E-state index in [2.05, 4.69) is 48.6 Å². The average Bonchev–Trinajstić information content (AvgIpc) is 3.05. The molecule has 11 nitrogen and oxygen atoms in total. The number of ketones is 2. The Balaban J connectivity index is 0.000000660. The van der Waals surface area contributed by atoms with Gasteiger partial charge >= 0.3 is 0 Å². The molecule has 1 aromatic rings. The largest absolute Gasteiger partial charge is 0.362 e. The number of benzene rings is 1. The number of Topliss-reactive ketones (excluding diaryl/α,β-unsaturated/α-hetero) is 2. The molecule has 0 aromatic heterocycles. The van der Waals surface area contributed by atoms with Gasteiger partial charge in [0.15, 0.2) is 5.78 Å². The number of hydrogen-bond donors (Lipinski definition) is 4. The van der Waals surface area contributed by atoms with Gasteiger partial charge in [-0.05, 0) is 44.7 Å². The van der Waals surface area contributed by atoms with Gasteiger partial charge in [0.05, 0.1) is 25.3 Å². The molecule has 2 aliphatic rings. The van der Waals surface area contributed by atoms with Crippen LogP contribution in [0.3, 0.4) is 0 Å².